The Kier molecular flexibility index (Phi) is 5.81. The summed E-state index contributed by atoms with van der Waals surface area (Å²) in [6.45, 7) is 0.619. The third-order valence-corrected chi connectivity index (χ3v) is 3.06. The molecule has 2 rings (SSSR count). The number of carbonyl (C=O) groups is 1. The van der Waals surface area contributed by atoms with Gasteiger partial charge in [0.1, 0.15) is 18.1 Å². The Hall–Kier alpha value is -2.81. The molecule has 0 saturated carbocycles. The average molecular weight is 355 g/mol. The van der Waals surface area contributed by atoms with Crippen molar-refractivity contribution in [2.45, 2.75) is 6.18 Å². The van der Waals surface area contributed by atoms with Gasteiger partial charge >= 0.3 is 6.18 Å². The Labute approximate surface area is 141 Å². The van der Waals surface area contributed by atoms with Crippen molar-refractivity contribution in [3.8, 4) is 5.75 Å². The molecule has 0 spiro atoms. The second-order valence-electron chi connectivity index (χ2n) is 5.01. The van der Waals surface area contributed by atoms with E-state index in [1.165, 1.54) is 31.4 Å². The van der Waals surface area contributed by atoms with Gasteiger partial charge in [-0.3, -0.25) is 9.78 Å². The van der Waals surface area contributed by atoms with Crippen LogP contribution in [0.5, 0.6) is 5.75 Å². The molecule has 0 aliphatic heterocycles. The molecule has 0 fully saturated rings. The number of aromatic nitrogens is 1. The number of nitrogens with one attached hydrogen (secondary N) is 1. The van der Waals surface area contributed by atoms with E-state index in [0.717, 1.165) is 12.3 Å². The van der Waals surface area contributed by atoms with Crippen molar-refractivity contribution in [3.05, 3.63) is 47.8 Å². The molecule has 1 amide bonds. The van der Waals surface area contributed by atoms with Gasteiger partial charge in [0, 0.05) is 36.3 Å². The number of methoxy groups -OCH3 is 1. The smallest absolute Gasteiger partial charge is 0.433 e. The number of hydrogen-bond donors (Lipinski definition) is 2. The van der Waals surface area contributed by atoms with E-state index in [1.807, 2.05) is 0 Å². The summed E-state index contributed by atoms with van der Waals surface area (Å²) in [7, 11) is 1.52. The number of ether oxygens (including phenoxy) is 2. The van der Waals surface area contributed by atoms with Crippen molar-refractivity contribution in [2.24, 2.45) is 0 Å². The van der Waals surface area contributed by atoms with Crippen molar-refractivity contribution < 1.29 is 27.4 Å². The number of hydrogen-bond acceptors (Lipinski definition) is 5. The van der Waals surface area contributed by atoms with Crippen LogP contribution in [0.4, 0.5) is 24.5 Å². The summed E-state index contributed by atoms with van der Waals surface area (Å²) in [5.41, 5.74) is 5.03. The highest BCUT2D eigenvalue weighted by Gasteiger charge is 2.32. The first-order valence-corrected chi connectivity index (χ1v) is 7.16. The number of alkyl halides is 3. The predicted octanol–water partition coefficient (Wildman–Crippen LogP) is 2.96. The molecule has 0 radical (unpaired) electrons. The first-order valence-electron chi connectivity index (χ1n) is 7.16. The zero-order valence-corrected chi connectivity index (χ0v) is 13.3. The van der Waals surface area contributed by atoms with Crippen LogP contribution in [0.1, 0.15) is 16.1 Å². The van der Waals surface area contributed by atoms with Gasteiger partial charge in [0.25, 0.3) is 5.91 Å². The van der Waals surface area contributed by atoms with E-state index in [-0.39, 0.29) is 23.5 Å². The molecule has 2 aromatic rings. The molecule has 0 aliphatic rings. The van der Waals surface area contributed by atoms with Gasteiger partial charge in [-0.25, -0.2) is 0 Å². The number of nitrogens with two attached hydrogens (primary N) is 1. The van der Waals surface area contributed by atoms with Crippen LogP contribution in [0.25, 0.3) is 0 Å². The first kappa shape index (κ1) is 18.5. The number of nitrogen functional groups attached to an aromatic ring is 1. The minimum Gasteiger partial charge on any atom is -0.491 e. The van der Waals surface area contributed by atoms with Gasteiger partial charge in [0.15, 0.2) is 0 Å². The van der Waals surface area contributed by atoms with Crippen LogP contribution < -0.4 is 15.8 Å². The molecule has 0 aliphatic carbocycles. The number of amides is 1. The topological polar surface area (TPSA) is 86.5 Å². The molecule has 3 N–H and O–H groups in total. The van der Waals surface area contributed by atoms with Crippen LogP contribution in [0, 0.1) is 0 Å². The molecular formula is C16H16F3N3O3. The number of anilines is 2. The molecule has 1 aromatic carbocycles. The maximum Gasteiger partial charge on any atom is 0.433 e. The van der Waals surface area contributed by atoms with Crippen molar-refractivity contribution in [1.82, 2.24) is 4.98 Å². The van der Waals surface area contributed by atoms with Crippen LogP contribution in [0.15, 0.2) is 36.5 Å². The molecule has 6 nitrogen and oxygen atoms in total. The molecule has 0 atom stereocenters. The van der Waals surface area contributed by atoms with Gasteiger partial charge in [-0.05, 0) is 24.3 Å². The Balaban J connectivity index is 2.15. The lowest BCUT2D eigenvalue weighted by Gasteiger charge is -2.11. The molecule has 25 heavy (non-hydrogen) atoms. The molecule has 9 heteroatoms. The van der Waals surface area contributed by atoms with Crippen molar-refractivity contribution >= 4 is 17.3 Å². The summed E-state index contributed by atoms with van der Waals surface area (Å²) in [5.74, 6) is -0.267. The van der Waals surface area contributed by atoms with Gasteiger partial charge in [-0.2, -0.15) is 13.2 Å². The van der Waals surface area contributed by atoms with E-state index >= 15 is 0 Å². The third-order valence-electron chi connectivity index (χ3n) is 3.06. The van der Waals surface area contributed by atoms with Gasteiger partial charge in [-0.15, -0.1) is 0 Å². The lowest BCUT2D eigenvalue weighted by molar-refractivity contribution is -0.141. The molecule has 134 valence electrons. The zero-order valence-electron chi connectivity index (χ0n) is 13.3. The average Bonchev–Trinajstić information content (AvgIpc) is 2.54. The SMILES string of the molecule is COCCOc1cc(N)cc(C(=O)Nc2ccnc(C(F)(F)F)c2)c1. The number of benzene rings is 1. The Bertz CT molecular complexity index is 751. The highest BCUT2D eigenvalue weighted by Crippen LogP contribution is 2.29. The third kappa shape index (κ3) is 5.35. The number of nitrogens with zero attached hydrogens (tertiary/aromatic N) is 1. The second-order valence-corrected chi connectivity index (χ2v) is 5.01. The minimum atomic E-state index is -4.60. The number of carbonyl (C=O) groups excluding carboxylic acids is 1. The van der Waals surface area contributed by atoms with E-state index in [4.69, 9.17) is 15.2 Å². The molecule has 1 heterocycles. The standard InChI is InChI=1S/C16H16F3N3O3/c1-24-4-5-25-13-7-10(6-11(20)8-13)15(23)22-12-2-3-21-14(9-12)16(17,18)19/h2-3,6-9H,4-5,20H2,1H3,(H,21,22,23). The summed E-state index contributed by atoms with van der Waals surface area (Å²) in [6, 6.07) is 6.37. The van der Waals surface area contributed by atoms with Crippen LogP contribution in [-0.2, 0) is 10.9 Å². The summed E-state index contributed by atoms with van der Waals surface area (Å²) in [4.78, 5) is 15.5. The van der Waals surface area contributed by atoms with Crippen LogP contribution in [-0.4, -0.2) is 31.2 Å². The van der Waals surface area contributed by atoms with Crippen molar-refractivity contribution in [1.29, 1.82) is 0 Å². The minimum absolute atomic E-state index is 0.0309. The van der Waals surface area contributed by atoms with E-state index < -0.39 is 17.8 Å². The Morgan fingerprint density at radius 1 is 1.24 bits per heavy atom. The van der Waals surface area contributed by atoms with Gasteiger partial charge in [0.05, 0.1) is 6.61 Å². The first-order chi connectivity index (χ1) is 11.8. The number of pyridine rings is 1. The quantitative estimate of drug-likeness (QED) is 0.615. The van der Waals surface area contributed by atoms with E-state index in [1.54, 1.807) is 0 Å². The zero-order chi connectivity index (χ0) is 18.4. The molecular weight excluding hydrogens is 339 g/mol. The number of rotatable bonds is 6. The normalized spacial score (nSPS) is 11.2. The summed E-state index contributed by atoms with van der Waals surface area (Å²) in [5, 5.41) is 2.38. The van der Waals surface area contributed by atoms with Crippen LogP contribution >= 0.6 is 0 Å². The fourth-order valence-electron chi connectivity index (χ4n) is 1.95. The number of halogens is 3. The highest BCUT2D eigenvalue weighted by molar-refractivity contribution is 6.05. The van der Waals surface area contributed by atoms with Crippen LogP contribution in [0.3, 0.4) is 0 Å². The summed E-state index contributed by atoms with van der Waals surface area (Å²) < 4.78 is 48.2. The van der Waals surface area contributed by atoms with E-state index in [0.29, 0.717) is 12.4 Å². The molecule has 1 aromatic heterocycles. The summed E-state index contributed by atoms with van der Waals surface area (Å²) in [6.07, 6.45) is -3.63. The molecule has 0 saturated heterocycles. The Morgan fingerprint density at radius 3 is 2.68 bits per heavy atom. The van der Waals surface area contributed by atoms with Crippen LogP contribution in [0.2, 0.25) is 0 Å². The summed E-state index contributed by atoms with van der Waals surface area (Å²) >= 11 is 0. The lowest BCUT2D eigenvalue weighted by atomic mass is 10.1. The highest BCUT2D eigenvalue weighted by atomic mass is 19.4. The Morgan fingerprint density at radius 2 is 2.00 bits per heavy atom. The van der Waals surface area contributed by atoms with E-state index in [9.17, 15) is 18.0 Å². The largest absolute Gasteiger partial charge is 0.491 e. The molecule has 0 unspecified atom stereocenters. The van der Waals surface area contributed by atoms with Crippen molar-refractivity contribution in [3.63, 3.8) is 0 Å². The van der Waals surface area contributed by atoms with Gasteiger partial charge in [-0.1, -0.05) is 0 Å². The fraction of sp³-hybridized carbons (Fsp3) is 0.250. The molecule has 0 bridgehead atoms. The fourth-order valence-corrected chi connectivity index (χ4v) is 1.95. The monoisotopic (exact) mass is 355 g/mol. The van der Waals surface area contributed by atoms with Gasteiger partial charge < -0.3 is 20.5 Å². The lowest BCUT2D eigenvalue weighted by Crippen LogP contribution is -2.14. The predicted molar refractivity (Wildman–Crippen MR) is 85.4 cm³/mol. The second kappa shape index (κ2) is 7.84. The van der Waals surface area contributed by atoms with E-state index in [2.05, 4.69) is 10.3 Å². The van der Waals surface area contributed by atoms with Crippen molar-refractivity contribution in [2.75, 3.05) is 31.4 Å². The maximum absolute atomic E-state index is 12.7. The maximum atomic E-state index is 12.7. The van der Waals surface area contributed by atoms with Gasteiger partial charge in [0.2, 0.25) is 0 Å².